The third-order valence-corrected chi connectivity index (χ3v) is 4.37. The van der Waals surface area contributed by atoms with Crippen LogP contribution in [-0.2, 0) is 17.1 Å². The Morgan fingerprint density at radius 2 is 1.95 bits per heavy atom. The topological polar surface area (TPSA) is 101 Å². The predicted molar refractivity (Wildman–Crippen MR) is 72.4 cm³/mol. The molecule has 0 saturated heterocycles. The van der Waals surface area contributed by atoms with Crippen LogP contribution < -0.4 is 4.72 Å². The minimum absolute atomic E-state index is 0.00200. The van der Waals surface area contributed by atoms with Crippen LogP contribution in [0.2, 0.25) is 5.02 Å². The molecule has 0 amide bonds. The largest absolute Gasteiger partial charge is 0.478 e. The Morgan fingerprint density at radius 3 is 2.40 bits per heavy atom. The number of benzene rings is 1. The van der Waals surface area contributed by atoms with E-state index in [-0.39, 0.29) is 21.3 Å². The number of nitrogens with zero attached hydrogens (tertiary/aromatic N) is 2. The van der Waals surface area contributed by atoms with Gasteiger partial charge in [0.05, 0.1) is 16.8 Å². The molecule has 0 spiro atoms. The maximum atomic E-state index is 12.2. The molecule has 0 saturated carbocycles. The molecule has 2 N–H and O–H groups in total. The maximum Gasteiger partial charge on any atom is 0.335 e. The summed E-state index contributed by atoms with van der Waals surface area (Å²) in [5.74, 6) is -1.09. The third kappa shape index (κ3) is 2.75. The standard InChI is InChI=1S/C11H10ClN3O4S/c1-15-10(9(12)6-13-15)20(18,19)14-8-4-2-7(3-5-8)11(16)17/h2-6,14H,1H3,(H,16,17). The van der Waals surface area contributed by atoms with Crippen molar-refractivity contribution in [3.8, 4) is 0 Å². The van der Waals surface area contributed by atoms with Crippen molar-refractivity contribution < 1.29 is 18.3 Å². The molecule has 20 heavy (non-hydrogen) atoms. The number of anilines is 1. The summed E-state index contributed by atoms with van der Waals surface area (Å²) in [5.41, 5.74) is 0.291. The fourth-order valence-corrected chi connectivity index (χ4v) is 3.30. The first kappa shape index (κ1) is 14.4. The summed E-state index contributed by atoms with van der Waals surface area (Å²) in [5, 5.41) is 12.3. The monoisotopic (exact) mass is 315 g/mol. The zero-order valence-electron chi connectivity index (χ0n) is 10.2. The Balaban J connectivity index is 2.31. The molecule has 0 radical (unpaired) electrons. The summed E-state index contributed by atoms with van der Waals surface area (Å²) in [7, 11) is -2.44. The lowest BCUT2D eigenvalue weighted by Crippen LogP contribution is -2.17. The number of sulfonamides is 1. The van der Waals surface area contributed by atoms with Crippen molar-refractivity contribution in [2.45, 2.75) is 5.03 Å². The molecular formula is C11H10ClN3O4S. The van der Waals surface area contributed by atoms with Crippen molar-refractivity contribution in [2.75, 3.05) is 4.72 Å². The Labute approximate surface area is 119 Å². The molecule has 1 heterocycles. The molecular weight excluding hydrogens is 306 g/mol. The summed E-state index contributed by atoms with van der Waals surface area (Å²) in [4.78, 5) is 10.7. The van der Waals surface area contributed by atoms with Crippen molar-refractivity contribution in [1.82, 2.24) is 9.78 Å². The molecule has 0 fully saturated rings. The van der Waals surface area contributed by atoms with Crippen LogP contribution >= 0.6 is 11.6 Å². The Morgan fingerprint density at radius 1 is 1.35 bits per heavy atom. The maximum absolute atomic E-state index is 12.2. The molecule has 2 aromatic rings. The van der Waals surface area contributed by atoms with Gasteiger partial charge in [-0.3, -0.25) is 9.40 Å². The van der Waals surface area contributed by atoms with Gasteiger partial charge in [0.25, 0.3) is 10.0 Å². The number of aromatic carboxylic acids is 1. The number of carbonyl (C=O) groups is 1. The third-order valence-electron chi connectivity index (χ3n) is 2.48. The van der Waals surface area contributed by atoms with Crippen molar-refractivity contribution in [1.29, 1.82) is 0 Å². The van der Waals surface area contributed by atoms with E-state index in [1.54, 1.807) is 0 Å². The molecule has 1 aromatic carbocycles. The van der Waals surface area contributed by atoms with Gasteiger partial charge in [-0.1, -0.05) is 11.6 Å². The SMILES string of the molecule is Cn1ncc(Cl)c1S(=O)(=O)Nc1ccc(C(=O)O)cc1. The van der Waals surface area contributed by atoms with Crippen LogP contribution in [0.5, 0.6) is 0 Å². The van der Waals surface area contributed by atoms with Crippen molar-refractivity contribution in [3.63, 3.8) is 0 Å². The van der Waals surface area contributed by atoms with E-state index in [0.29, 0.717) is 0 Å². The van der Waals surface area contributed by atoms with Gasteiger partial charge in [-0.2, -0.15) is 13.5 Å². The van der Waals surface area contributed by atoms with Crippen LogP contribution in [0.3, 0.4) is 0 Å². The van der Waals surface area contributed by atoms with Gasteiger partial charge >= 0.3 is 5.97 Å². The second kappa shape index (κ2) is 5.14. The molecule has 0 unspecified atom stereocenters. The molecule has 9 heteroatoms. The molecule has 2 rings (SSSR count). The normalized spacial score (nSPS) is 11.3. The van der Waals surface area contributed by atoms with Gasteiger partial charge in [0, 0.05) is 12.7 Å². The van der Waals surface area contributed by atoms with E-state index < -0.39 is 16.0 Å². The highest BCUT2D eigenvalue weighted by molar-refractivity contribution is 7.92. The van der Waals surface area contributed by atoms with E-state index in [2.05, 4.69) is 9.82 Å². The van der Waals surface area contributed by atoms with E-state index in [0.717, 1.165) is 4.68 Å². The average Bonchev–Trinajstić information content (AvgIpc) is 2.69. The molecule has 0 aliphatic rings. The average molecular weight is 316 g/mol. The van der Waals surface area contributed by atoms with Gasteiger partial charge in [-0.05, 0) is 24.3 Å². The number of rotatable bonds is 4. The summed E-state index contributed by atoms with van der Waals surface area (Å²) >= 11 is 5.78. The number of halogens is 1. The highest BCUT2D eigenvalue weighted by Gasteiger charge is 2.22. The molecule has 0 atom stereocenters. The van der Waals surface area contributed by atoms with E-state index in [1.165, 1.54) is 37.5 Å². The van der Waals surface area contributed by atoms with Gasteiger partial charge in [-0.25, -0.2) is 4.79 Å². The van der Waals surface area contributed by atoms with Crippen LogP contribution in [-0.4, -0.2) is 29.3 Å². The minimum Gasteiger partial charge on any atom is -0.478 e. The number of carboxylic acids is 1. The minimum atomic E-state index is -3.89. The summed E-state index contributed by atoms with van der Waals surface area (Å²) in [6.07, 6.45) is 1.23. The van der Waals surface area contributed by atoms with Crippen molar-refractivity contribution >= 4 is 33.3 Å². The van der Waals surface area contributed by atoms with Crippen LogP contribution in [0.25, 0.3) is 0 Å². The van der Waals surface area contributed by atoms with Crippen LogP contribution in [0, 0.1) is 0 Å². The number of aromatic nitrogens is 2. The van der Waals surface area contributed by atoms with E-state index in [4.69, 9.17) is 16.7 Å². The highest BCUT2D eigenvalue weighted by Crippen LogP contribution is 2.22. The van der Waals surface area contributed by atoms with E-state index in [9.17, 15) is 13.2 Å². The lowest BCUT2D eigenvalue weighted by Gasteiger charge is -2.08. The molecule has 7 nitrogen and oxygen atoms in total. The number of carboxylic acid groups (broad SMARTS) is 1. The number of hydrogen-bond acceptors (Lipinski definition) is 4. The Kier molecular flexibility index (Phi) is 3.69. The Hall–Kier alpha value is -2.06. The lowest BCUT2D eigenvalue weighted by atomic mass is 10.2. The molecule has 1 aromatic heterocycles. The van der Waals surface area contributed by atoms with Gasteiger partial charge in [0.2, 0.25) is 0 Å². The van der Waals surface area contributed by atoms with Crippen LogP contribution in [0.4, 0.5) is 5.69 Å². The van der Waals surface area contributed by atoms with E-state index >= 15 is 0 Å². The van der Waals surface area contributed by atoms with Crippen LogP contribution in [0.15, 0.2) is 35.5 Å². The second-order valence-electron chi connectivity index (χ2n) is 3.91. The first-order valence-electron chi connectivity index (χ1n) is 5.35. The van der Waals surface area contributed by atoms with E-state index in [1.807, 2.05) is 0 Å². The number of hydrogen-bond donors (Lipinski definition) is 2. The predicted octanol–water partition coefficient (Wildman–Crippen LogP) is 1.57. The fourth-order valence-electron chi connectivity index (χ4n) is 1.59. The number of aryl methyl sites for hydroxylation is 1. The lowest BCUT2D eigenvalue weighted by molar-refractivity contribution is 0.0697. The molecule has 0 bridgehead atoms. The zero-order valence-corrected chi connectivity index (χ0v) is 11.8. The van der Waals surface area contributed by atoms with Gasteiger partial charge < -0.3 is 5.11 Å². The summed E-state index contributed by atoms with van der Waals surface area (Å²) in [6, 6.07) is 5.30. The van der Waals surface area contributed by atoms with Gasteiger partial charge in [0.1, 0.15) is 0 Å². The highest BCUT2D eigenvalue weighted by atomic mass is 35.5. The molecule has 106 valence electrons. The van der Waals surface area contributed by atoms with Crippen molar-refractivity contribution in [3.05, 3.63) is 41.0 Å². The van der Waals surface area contributed by atoms with Crippen molar-refractivity contribution in [2.24, 2.45) is 7.05 Å². The van der Waals surface area contributed by atoms with Gasteiger partial charge in [0.15, 0.2) is 5.03 Å². The van der Waals surface area contributed by atoms with Gasteiger partial charge in [-0.15, -0.1) is 0 Å². The second-order valence-corrected chi connectivity index (χ2v) is 5.91. The number of nitrogens with one attached hydrogen (secondary N) is 1. The zero-order chi connectivity index (χ0) is 14.9. The Bertz CT molecular complexity index is 733. The van der Waals surface area contributed by atoms with Crippen LogP contribution in [0.1, 0.15) is 10.4 Å². The first-order chi connectivity index (χ1) is 9.31. The smallest absolute Gasteiger partial charge is 0.335 e. The quantitative estimate of drug-likeness (QED) is 0.891. The first-order valence-corrected chi connectivity index (χ1v) is 7.21. The molecule has 0 aliphatic heterocycles. The summed E-state index contributed by atoms with van der Waals surface area (Å²) < 4.78 is 27.7. The molecule has 0 aliphatic carbocycles. The summed E-state index contributed by atoms with van der Waals surface area (Å²) in [6.45, 7) is 0. The fraction of sp³-hybridized carbons (Fsp3) is 0.0909.